The fraction of sp³-hybridized carbons (Fsp3) is 0.211. The van der Waals surface area contributed by atoms with Crippen LogP contribution in [0.25, 0.3) is 0 Å². The number of aliphatic hydroxyl groups is 4. The fourth-order valence-electron chi connectivity index (χ4n) is 3.42. The monoisotopic (exact) mass is 920 g/mol. The first kappa shape index (κ1) is 55.3. The van der Waals surface area contributed by atoms with E-state index in [0.29, 0.717) is 28.1 Å². The van der Waals surface area contributed by atoms with Gasteiger partial charge in [-0.2, -0.15) is 0 Å². The number of nitrogens with one attached hydrogen (secondary N) is 2. The van der Waals surface area contributed by atoms with E-state index in [9.17, 15) is 19.2 Å². The molecule has 0 atom stereocenters. The number of hydrogen-bond donors (Lipinski definition) is 8. The molecule has 3 aromatic carbocycles. The number of anilines is 2. The number of carbonyl (C=O) groups excluding carboxylic acids is 4. The predicted octanol–water partition coefficient (Wildman–Crippen LogP) is 5.29. The molecule has 0 spiro atoms. The zero-order chi connectivity index (χ0) is 40.6. The molecular weight excluding hydrogens is 871 g/mol. The fourth-order valence-corrected chi connectivity index (χ4v) is 3.42. The van der Waals surface area contributed by atoms with Gasteiger partial charge in [0, 0.05) is 74.6 Å². The molecule has 0 aliphatic carbocycles. The Morgan fingerprint density at radius 1 is 0.537 bits per heavy atom. The molecule has 0 unspecified atom stereocenters. The van der Waals surface area contributed by atoms with Gasteiger partial charge in [-0.1, -0.05) is 12.1 Å². The molecular formula is C38H48N6O8Ru2. The molecule has 0 saturated carbocycles. The van der Waals surface area contributed by atoms with Crippen molar-refractivity contribution >= 4 is 45.9 Å². The van der Waals surface area contributed by atoms with Crippen LogP contribution in [0.2, 0.25) is 0 Å². The van der Waals surface area contributed by atoms with Crippen molar-refractivity contribution in [3.05, 3.63) is 129 Å². The molecule has 0 radical (unpaired) electrons. The van der Waals surface area contributed by atoms with Crippen LogP contribution in [0.4, 0.5) is 22.7 Å². The second-order valence-corrected chi connectivity index (χ2v) is 10.9. The Morgan fingerprint density at radius 2 is 0.852 bits per heavy atom. The first-order valence-electron chi connectivity index (χ1n) is 15.3. The van der Waals surface area contributed by atoms with Crippen molar-refractivity contribution in [1.82, 2.24) is 0 Å². The van der Waals surface area contributed by atoms with E-state index in [1.807, 2.05) is 0 Å². The van der Waals surface area contributed by atoms with Crippen molar-refractivity contribution in [3.63, 3.8) is 0 Å². The molecule has 294 valence electrons. The number of rotatable bonds is 6. The number of carbonyl (C=O) groups is 4. The zero-order valence-corrected chi connectivity index (χ0v) is 34.7. The largest absolute Gasteiger partial charge is 0.512 e. The van der Waals surface area contributed by atoms with Crippen LogP contribution in [-0.2, 0) is 58.1 Å². The molecule has 14 nitrogen and oxygen atoms in total. The standard InChI is InChI=1S/C18H16N6.4C5H8O2.2Ru/c19-11-3-1-5-13(9-11)23-16-8-7-15(21)18(17(16)22)24-14-6-2-4-12(20)10-14;4*1-4(6)3-5(2)7;;/h1-10,21-22H,19-20H2;4*3,6H,1-2H3;;/b;4*4-3+;;. The van der Waals surface area contributed by atoms with Crippen molar-refractivity contribution in [1.29, 1.82) is 10.8 Å². The Bertz CT molecular complexity index is 1940. The zero-order valence-electron chi connectivity index (χ0n) is 31.3. The van der Waals surface area contributed by atoms with Crippen LogP contribution >= 0.6 is 0 Å². The molecule has 0 fully saturated rings. The van der Waals surface area contributed by atoms with Crippen LogP contribution in [0.3, 0.4) is 0 Å². The normalized spacial score (nSPS) is 11.5. The Balaban J connectivity index is -0.000000344. The van der Waals surface area contributed by atoms with Crippen LogP contribution in [0, 0.1) is 10.8 Å². The third-order valence-electron chi connectivity index (χ3n) is 5.04. The summed E-state index contributed by atoms with van der Waals surface area (Å²) in [7, 11) is 0. The Kier molecular flexibility index (Phi) is 30.8. The van der Waals surface area contributed by atoms with Gasteiger partial charge in [0.15, 0.2) is 23.1 Å². The second kappa shape index (κ2) is 30.1. The minimum atomic E-state index is -0.125. The molecule has 0 aliphatic rings. The van der Waals surface area contributed by atoms with Crippen LogP contribution in [0.5, 0.6) is 0 Å². The minimum absolute atomic E-state index is 0. The van der Waals surface area contributed by atoms with Gasteiger partial charge in [0.1, 0.15) is 10.7 Å². The SMILES string of the molecule is CC(=O)/C=C(\C)O.CC(=O)/C=C(\C)O.CC(=O)/C=C(\C)O.CC(=O)/C=C(\C)O.N=c1ccc(=Nc2cccc(N)c2)c(=N)c1=Nc1cccc(N)c1.[Ru].[Ru]. The number of allylic oxidation sites excluding steroid dienone is 8. The Morgan fingerprint density at radius 3 is 1.11 bits per heavy atom. The minimum Gasteiger partial charge on any atom is -0.512 e. The van der Waals surface area contributed by atoms with Gasteiger partial charge in [-0.25, -0.2) is 9.98 Å². The Hall–Kier alpha value is -5.45. The molecule has 0 amide bonds. The number of nitrogen functional groups attached to an aromatic ring is 2. The summed E-state index contributed by atoms with van der Waals surface area (Å²) in [6, 6.07) is 17.3. The van der Waals surface area contributed by atoms with Crippen molar-refractivity contribution in [2.45, 2.75) is 55.4 Å². The summed E-state index contributed by atoms with van der Waals surface area (Å²) in [5.74, 6) is -0.250. The first-order chi connectivity index (χ1) is 24.0. The summed E-state index contributed by atoms with van der Waals surface area (Å²) < 4.78 is 0. The van der Waals surface area contributed by atoms with Gasteiger partial charge in [0.05, 0.1) is 45.1 Å². The first-order valence-corrected chi connectivity index (χ1v) is 15.3. The summed E-state index contributed by atoms with van der Waals surface area (Å²) >= 11 is 0. The summed E-state index contributed by atoms with van der Waals surface area (Å²) in [6.45, 7) is 11.4. The summed E-state index contributed by atoms with van der Waals surface area (Å²) in [5.41, 5.74) is 13.9. The van der Waals surface area contributed by atoms with Gasteiger partial charge in [-0.15, -0.1) is 0 Å². The number of hydrogen-bond acceptors (Lipinski definition) is 14. The molecule has 3 rings (SSSR count). The summed E-state index contributed by atoms with van der Waals surface area (Å²) in [6.07, 6.45) is 4.67. The maximum Gasteiger partial charge on any atom is 0.155 e. The molecule has 54 heavy (non-hydrogen) atoms. The van der Waals surface area contributed by atoms with E-state index in [1.165, 1.54) is 79.7 Å². The number of nitrogens with two attached hydrogens (primary N) is 2. The maximum absolute atomic E-state index is 10.0. The van der Waals surface area contributed by atoms with Gasteiger partial charge in [0.25, 0.3) is 0 Å². The molecule has 0 bridgehead atoms. The predicted molar refractivity (Wildman–Crippen MR) is 201 cm³/mol. The molecule has 16 heteroatoms. The van der Waals surface area contributed by atoms with E-state index in [-0.39, 0.29) is 101 Å². The number of ketones is 4. The van der Waals surface area contributed by atoms with Gasteiger partial charge >= 0.3 is 0 Å². The van der Waals surface area contributed by atoms with Gasteiger partial charge in [0.2, 0.25) is 0 Å². The average molecular weight is 919 g/mol. The third kappa shape index (κ3) is 31.3. The molecule has 0 saturated heterocycles. The van der Waals surface area contributed by atoms with Crippen LogP contribution in [-0.4, -0.2) is 43.6 Å². The molecule has 10 N–H and O–H groups in total. The van der Waals surface area contributed by atoms with Crippen LogP contribution in [0.15, 0.2) is 118 Å². The van der Waals surface area contributed by atoms with Gasteiger partial charge in [-0.3, -0.25) is 30.0 Å². The van der Waals surface area contributed by atoms with Gasteiger partial charge in [-0.05, 0) is 104 Å². The number of aliphatic hydroxyl groups excluding tert-OH is 4. The molecule has 0 aromatic heterocycles. The number of benzene rings is 3. The average Bonchev–Trinajstić information content (AvgIpc) is 2.95. The van der Waals surface area contributed by atoms with E-state index in [2.05, 4.69) is 9.98 Å². The van der Waals surface area contributed by atoms with E-state index >= 15 is 0 Å². The molecule has 0 aliphatic heterocycles. The van der Waals surface area contributed by atoms with E-state index in [0.717, 1.165) is 0 Å². The smallest absolute Gasteiger partial charge is 0.155 e. The summed E-state index contributed by atoms with van der Waals surface area (Å²) in [4.78, 5) is 48.9. The number of nitrogens with zero attached hydrogens (tertiary/aromatic N) is 2. The summed E-state index contributed by atoms with van der Waals surface area (Å²) in [5, 5.41) is 50.7. The van der Waals surface area contributed by atoms with Crippen molar-refractivity contribution in [2.24, 2.45) is 9.98 Å². The van der Waals surface area contributed by atoms with Crippen molar-refractivity contribution in [2.75, 3.05) is 11.5 Å². The van der Waals surface area contributed by atoms with E-state index in [4.69, 9.17) is 42.7 Å². The van der Waals surface area contributed by atoms with E-state index in [1.54, 1.807) is 60.7 Å². The quantitative estimate of drug-likeness (QED) is 0.0685. The topological polar surface area (TPSA) is 274 Å². The second-order valence-electron chi connectivity index (χ2n) is 10.9. The van der Waals surface area contributed by atoms with Gasteiger partial charge < -0.3 is 31.9 Å². The molecule has 3 aromatic rings. The van der Waals surface area contributed by atoms with Crippen molar-refractivity contribution < 1.29 is 78.6 Å². The third-order valence-corrected chi connectivity index (χ3v) is 5.04. The van der Waals surface area contributed by atoms with Crippen LogP contribution in [0.1, 0.15) is 55.4 Å². The molecule has 0 heterocycles. The van der Waals surface area contributed by atoms with Crippen molar-refractivity contribution in [3.8, 4) is 0 Å². The van der Waals surface area contributed by atoms with Crippen LogP contribution < -0.4 is 32.9 Å². The van der Waals surface area contributed by atoms with E-state index < -0.39 is 0 Å². The maximum atomic E-state index is 10.0. The Labute approximate surface area is 340 Å².